The van der Waals surface area contributed by atoms with Crippen LogP contribution in [0.4, 0.5) is 21.7 Å². The zero-order valence-electron chi connectivity index (χ0n) is 20.8. The molecule has 0 spiro atoms. The summed E-state index contributed by atoms with van der Waals surface area (Å²) in [5.74, 6) is -0.374. The number of hydrogen-bond acceptors (Lipinski definition) is 7. The predicted molar refractivity (Wildman–Crippen MR) is 142 cm³/mol. The van der Waals surface area contributed by atoms with Crippen LogP contribution in [0.2, 0.25) is 0 Å². The van der Waals surface area contributed by atoms with E-state index in [0.29, 0.717) is 46.9 Å². The van der Waals surface area contributed by atoms with E-state index in [1.54, 1.807) is 49.5 Å². The number of benzene rings is 2. The van der Waals surface area contributed by atoms with E-state index in [-0.39, 0.29) is 23.1 Å². The minimum atomic E-state index is -0.529. The van der Waals surface area contributed by atoms with Crippen molar-refractivity contribution in [2.24, 2.45) is 0 Å². The van der Waals surface area contributed by atoms with Crippen molar-refractivity contribution in [3.8, 4) is 11.4 Å². The van der Waals surface area contributed by atoms with Crippen LogP contribution in [0.5, 0.6) is 5.75 Å². The van der Waals surface area contributed by atoms with Gasteiger partial charge in [0.2, 0.25) is 11.9 Å². The molecule has 2 aromatic heterocycles. The number of anilines is 3. The highest BCUT2D eigenvalue weighted by Gasteiger charge is 2.14. The van der Waals surface area contributed by atoms with Crippen LogP contribution in [0, 0.1) is 12.7 Å². The van der Waals surface area contributed by atoms with E-state index in [4.69, 9.17) is 4.74 Å². The molecular weight excluding hydrogens is 475 g/mol. The third-order valence-electron chi connectivity index (χ3n) is 5.52. The molecule has 0 bridgehead atoms. The highest BCUT2D eigenvalue weighted by atomic mass is 19.1. The Morgan fingerprint density at radius 1 is 1.22 bits per heavy atom. The number of hydrogen-bond donors (Lipinski definition) is 2. The predicted octanol–water partition coefficient (Wildman–Crippen LogP) is 4.04. The van der Waals surface area contributed by atoms with Gasteiger partial charge in [0.05, 0.1) is 11.4 Å². The largest absolute Gasteiger partial charge is 0.492 e. The summed E-state index contributed by atoms with van der Waals surface area (Å²) in [4.78, 5) is 35.6. The SMILES string of the molecule is C=CC(=O)Nc1cccc(-n2c(=O)cc(C)c3cnc(Nc4ccc(OCCN(C)C)cc4F)nc32)c1. The quantitative estimate of drug-likeness (QED) is 0.333. The number of fused-ring (bicyclic) bond motifs is 1. The average molecular weight is 503 g/mol. The second-order valence-corrected chi connectivity index (χ2v) is 8.59. The normalized spacial score (nSPS) is 10.9. The number of pyridine rings is 1. The zero-order valence-corrected chi connectivity index (χ0v) is 20.8. The molecular formula is C27H27FN6O3. The Morgan fingerprint density at radius 3 is 2.76 bits per heavy atom. The van der Waals surface area contributed by atoms with Crippen molar-refractivity contribution in [3.63, 3.8) is 0 Å². The lowest BCUT2D eigenvalue weighted by molar-refractivity contribution is -0.111. The second-order valence-electron chi connectivity index (χ2n) is 8.59. The standard InChI is InChI=1S/C27H27FN6O3/c1-5-24(35)30-18-7-6-8-19(14-18)34-25(36)13-17(2)21-16-29-27(32-26(21)34)31-23-10-9-20(15-22(23)28)37-12-11-33(3)4/h5-10,13-16H,1,11-12H2,2-4H3,(H,30,35)(H,29,31,32). The Balaban J connectivity index is 1.69. The third kappa shape index (κ3) is 5.99. The molecule has 2 heterocycles. The molecule has 4 aromatic rings. The van der Waals surface area contributed by atoms with Crippen molar-refractivity contribution >= 4 is 34.3 Å². The number of amides is 1. The van der Waals surface area contributed by atoms with Crippen LogP contribution >= 0.6 is 0 Å². The minimum Gasteiger partial charge on any atom is -0.492 e. The first-order valence-corrected chi connectivity index (χ1v) is 11.5. The maximum absolute atomic E-state index is 14.8. The Labute approximate surface area is 213 Å². The number of likely N-dealkylation sites (N-methyl/N-ethyl adjacent to an activating group) is 1. The smallest absolute Gasteiger partial charge is 0.257 e. The molecule has 190 valence electrons. The number of halogens is 1. The number of rotatable bonds is 9. The molecule has 10 heteroatoms. The first-order chi connectivity index (χ1) is 17.7. The van der Waals surface area contributed by atoms with Gasteiger partial charge in [0.25, 0.3) is 5.56 Å². The molecule has 1 amide bonds. The lowest BCUT2D eigenvalue weighted by atomic mass is 10.2. The molecule has 0 fully saturated rings. The number of carbonyl (C=O) groups excluding carboxylic acids is 1. The fraction of sp³-hybridized carbons (Fsp3) is 0.185. The van der Waals surface area contributed by atoms with E-state index in [9.17, 15) is 14.0 Å². The molecule has 2 N–H and O–H groups in total. The molecule has 0 aliphatic rings. The summed E-state index contributed by atoms with van der Waals surface area (Å²) in [5.41, 5.74) is 1.86. The van der Waals surface area contributed by atoms with Crippen molar-refractivity contribution in [2.75, 3.05) is 37.9 Å². The first-order valence-electron chi connectivity index (χ1n) is 11.5. The van der Waals surface area contributed by atoms with Crippen molar-refractivity contribution in [1.29, 1.82) is 0 Å². The fourth-order valence-electron chi connectivity index (χ4n) is 3.63. The van der Waals surface area contributed by atoms with Crippen LogP contribution in [-0.4, -0.2) is 52.6 Å². The molecule has 0 saturated carbocycles. The number of carbonyl (C=O) groups is 1. The van der Waals surface area contributed by atoms with E-state index in [1.165, 1.54) is 16.7 Å². The summed E-state index contributed by atoms with van der Waals surface area (Å²) in [7, 11) is 3.86. The highest BCUT2D eigenvalue weighted by Crippen LogP contribution is 2.25. The van der Waals surface area contributed by atoms with Gasteiger partial charge < -0.3 is 20.3 Å². The van der Waals surface area contributed by atoms with Crippen molar-refractivity contribution in [1.82, 2.24) is 19.4 Å². The fourth-order valence-corrected chi connectivity index (χ4v) is 3.63. The van der Waals surface area contributed by atoms with E-state index in [2.05, 4.69) is 27.2 Å². The number of nitrogens with one attached hydrogen (secondary N) is 2. The van der Waals surface area contributed by atoms with Crippen molar-refractivity contribution in [3.05, 3.63) is 89.1 Å². The topological polar surface area (TPSA) is 101 Å². The van der Waals surface area contributed by atoms with E-state index in [0.717, 1.165) is 6.08 Å². The van der Waals surface area contributed by atoms with Crippen LogP contribution in [-0.2, 0) is 4.79 Å². The van der Waals surface area contributed by atoms with Gasteiger partial charge >= 0.3 is 0 Å². The molecule has 0 aliphatic carbocycles. The molecule has 37 heavy (non-hydrogen) atoms. The van der Waals surface area contributed by atoms with Gasteiger partial charge in [-0.3, -0.25) is 14.2 Å². The molecule has 0 atom stereocenters. The van der Waals surface area contributed by atoms with E-state index < -0.39 is 5.82 Å². The summed E-state index contributed by atoms with van der Waals surface area (Å²) in [5, 5.41) is 6.21. The maximum Gasteiger partial charge on any atom is 0.257 e. The maximum atomic E-state index is 14.8. The van der Waals surface area contributed by atoms with Crippen LogP contribution in [0.25, 0.3) is 16.7 Å². The number of ether oxygens (including phenoxy) is 1. The van der Waals surface area contributed by atoms with E-state index in [1.807, 2.05) is 19.0 Å². The zero-order chi connectivity index (χ0) is 26.5. The van der Waals surface area contributed by atoms with E-state index >= 15 is 0 Å². The summed E-state index contributed by atoms with van der Waals surface area (Å²) in [6.07, 6.45) is 2.74. The average Bonchev–Trinajstić information content (AvgIpc) is 2.85. The van der Waals surface area contributed by atoms with Gasteiger partial charge in [0, 0.05) is 35.9 Å². The first kappa shape index (κ1) is 25.5. The minimum absolute atomic E-state index is 0.113. The molecule has 2 aromatic carbocycles. The Bertz CT molecular complexity index is 1530. The van der Waals surface area contributed by atoms with Crippen LogP contribution in [0.1, 0.15) is 5.56 Å². The summed E-state index contributed by atoms with van der Waals surface area (Å²) in [6.45, 7) is 6.38. The molecule has 9 nitrogen and oxygen atoms in total. The van der Waals surface area contributed by atoms with Crippen LogP contribution in [0.15, 0.2) is 72.2 Å². The monoisotopic (exact) mass is 502 g/mol. The Hall–Kier alpha value is -4.57. The number of aromatic nitrogens is 3. The molecule has 0 saturated heterocycles. The van der Waals surface area contributed by atoms with Gasteiger partial charge in [-0.1, -0.05) is 12.6 Å². The molecule has 0 aliphatic heterocycles. The van der Waals surface area contributed by atoms with Crippen LogP contribution < -0.4 is 20.9 Å². The second kappa shape index (κ2) is 11.0. The highest BCUT2D eigenvalue weighted by molar-refractivity contribution is 5.99. The van der Waals surface area contributed by atoms with Gasteiger partial charge in [-0.2, -0.15) is 4.98 Å². The van der Waals surface area contributed by atoms with Gasteiger partial charge in [-0.15, -0.1) is 0 Å². The number of nitrogens with zero attached hydrogens (tertiary/aromatic N) is 4. The van der Waals surface area contributed by atoms with Gasteiger partial charge in [0.15, 0.2) is 5.65 Å². The molecule has 0 radical (unpaired) electrons. The summed E-state index contributed by atoms with van der Waals surface area (Å²) in [6, 6.07) is 12.8. The lowest BCUT2D eigenvalue weighted by Crippen LogP contribution is -2.20. The summed E-state index contributed by atoms with van der Waals surface area (Å²) < 4.78 is 21.8. The Kier molecular flexibility index (Phi) is 7.59. The van der Waals surface area contributed by atoms with Crippen LogP contribution in [0.3, 0.4) is 0 Å². The molecule has 0 unspecified atom stereocenters. The van der Waals surface area contributed by atoms with Gasteiger partial charge in [0.1, 0.15) is 18.2 Å². The Morgan fingerprint density at radius 2 is 2.03 bits per heavy atom. The van der Waals surface area contributed by atoms with Crippen molar-refractivity contribution < 1.29 is 13.9 Å². The van der Waals surface area contributed by atoms with Gasteiger partial charge in [-0.05, 0) is 63.0 Å². The number of aryl methyl sites for hydroxylation is 1. The van der Waals surface area contributed by atoms with Crippen molar-refractivity contribution in [2.45, 2.75) is 6.92 Å². The molecule has 4 rings (SSSR count). The third-order valence-corrected chi connectivity index (χ3v) is 5.52. The lowest BCUT2D eigenvalue weighted by Gasteiger charge is -2.14. The summed E-state index contributed by atoms with van der Waals surface area (Å²) >= 11 is 0. The van der Waals surface area contributed by atoms with Gasteiger partial charge in [-0.25, -0.2) is 9.37 Å².